The van der Waals surface area contributed by atoms with Crippen molar-refractivity contribution in [2.24, 2.45) is 0 Å². The number of aryl methyl sites for hydroxylation is 1. The molecule has 0 radical (unpaired) electrons. The van der Waals surface area contributed by atoms with Crippen molar-refractivity contribution < 1.29 is 9.00 Å². The molecule has 22 heavy (non-hydrogen) atoms. The summed E-state index contributed by atoms with van der Waals surface area (Å²) in [4.78, 5) is 14.2. The van der Waals surface area contributed by atoms with E-state index in [1.807, 2.05) is 44.2 Å². The highest BCUT2D eigenvalue weighted by Crippen LogP contribution is 2.14. The van der Waals surface area contributed by atoms with Crippen molar-refractivity contribution >= 4 is 16.7 Å². The highest BCUT2D eigenvalue weighted by Gasteiger charge is 2.22. The van der Waals surface area contributed by atoms with Gasteiger partial charge in [0.2, 0.25) is 0 Å². The average molecular weight is 319 g/mol. The summed E-state index contributed by atoms with van der Waals surface area (Å²) in [6, 6.07) is 9.59. The Hall–Kier alpha value is -1.95. The lowest BCUT2D eigenvalue weighted by atomic mass is 10.2. The molecule has 1 aromatic heterocycles. The van der Waals surface area contributed by atoms with Gasteiger partial charge < -0.3 is 4.90 Å². The molecule has 1 heterocycles. The van der Waals surface area contributed by atoms with E-state index in [1.165, 1.54) is 0 Å². The van der Waals surface area contributed by atoms with Gasteiger partial charge in [0.25, 0.3) is 5.91 Å². The summed E-state index contributed by atoms with van der Waals surface area (Å²) < 4.78 is 13.0. The van der Waals surface area contributed by atoms with E-state index < -0.39 is 10.8 Å². The van der Waals surface area contributed by atoms with Crippen molar-refractivity contribution in [3.63, 3.8) is 0 Å². The van der Waals surface area contributed by atoms with E-state index in [9.17, 15) is 9.00 Å². The lowest BCUT2D eigenvalue weighted by Crippen LogP contribution is -2.38. The first kappa shape index (κ1) is 16.4. The van der Waals surface area contributed by atoms with Gasteiger partial charge in [-0.05, 0) is 26.0 Å². The lowest BCUT2D eigenvalue weighted by Gasteiger charge is -2.23. The fourth-order valence-corrected chi connectivity index (χ4v) is 3.13. The predicted molar refractivity (Wildman–Crippen MR) is 88.8 cm³/mol. The summed E-state index contributed by atoms with van der Waals surface area (Å²) in [5.74, 6) is 0.367. The van der Waals surface area contributed by atoms with Crippen LogP contribution >= 0.6 is 0 Å². The van der Waals surface area contributed by atoms with E-state index >= 15 is 0 Å². The summed E-state index contributed by atoms with van der Waals surface area (Å²) in [6.45, 7) is 3.72. The van der Waals surface area contributed by atoms with Gasteiger partial charge >= 0.3 is 0 Å². The number of amides is 1. The maximum absolute atomic E-state index is 12.6. The predicted octanol–water partition coefficient (Wildman–Crippen LogP) is 2.02. The minimum absolute atomic E-state index is 0.0854. The number of carbonyl (C=O) groups excluding carboxylic acids is 1. The van der Waals surface area contributed by atoms with Crippen LogP contribution in [0.3, 0.4) is 0 Å². The number of aromatic nitrogens is 2. The van der Waals surface area contributed by atoms with Crippen LogP contribution in [-0.4, -0.2) is 49.9 Å². The topological polar surface area (TPSA) is 55.2 Å². The molecule has 0 aliphatic rings. The SMILES string of the molecule is Cc1nn(-c2ccccc2)cc1C(=O)N(C)[C@H](C)C[S@](C)=O. The maximum Gasteiger partial charge on any atom is 0.257 e. The van der Waals surface area contributed by atoms with Gasteiger partial charge in [0.1, 0.15) is 0 Å². The van der Waals surface area contributed by atoms with E-state index in [4.69, 9.17) is 0 Å². The highest BCUT2D eigenvalue weighted by molar-refractivity contribution is 7.84. The molecule has 6 heteroatoms. The second-order valence-corrected chi connectivity index (χ2v) is 6.89. The lowest BCUT2D eigenvalue weighted by molar-refractivity contribution is 0.0756. The first-order valence-electron chi connectivity index (χ1n) is 7.09. The van der Waals surface area contributed by atoms with Crippen LogP contribution in [0, 0.1) is 6.92 Å². The van der Waals surface area contributed by atoms with Gasteiger partial charge in [0.15, 0.2) is 0 Å². The number of para-hydroxylation sites is 1. The van der Waals surface area contributed by atoms with Crippen molar-refractivity contribution in [1.29, 1.82) is 0 Å². The molecule has 0 saturated carbocycles. The Morgan fingerprint density at radius 3 is 2.59 bits per heavy atom. The van der Waals surface area contributed by atoms with E-state index in [0.717, 1.165) is 5.69 Å². The number of nitrogens with zero attached hydrogens (tertiary/aromatic N) is 3. The standard InChI is InChI=1S/C16H21N3O2S/c1-12(11-22(4)21)18(3)16(20)15-10-19(17-13(15)2)14-8-6-5-7-9-14/h5-10,12H,11H2,1-4H3/t12-,22+/m1/s1. The van der Waals surface area contributed by atoms with E-state index in [1.54, 1.807) is 29.1 Å². The third kappa shape index (κ3) is 3.62. The highest BCUT2D eigenvalue weighted by atomic mass is 32.2. The zero-order chi connectivity index (χ0) is 16.3. The molecule has 0 fully saturated rings. The minimum atomic E-state index is -0.934. The number of rotatable bonds is 5. The third-order valence-electron chi connectivity index (χ3n) is 3.61. The fourth-order valence-electron chi connectivity index (χ4n) is 2.22. The smallest absolute Gasteiger partial charge is 0.257 e. The molecule has 0 bridgehead atoms. The summed E-state index contributed by atoms with van der Waals surface area (Å²) in [5, 5.41) is 4.41. The molecule has 5 nitrogen and oxygen atoms in total. The first-order valence-corrected chi connectivity index (χ1v) is 8.81. The maximum atomic E-state index is 12.6. The normalized spacial score (nSPS) is 13.6. The van der Waals surface area contributed by atoms with Crippen LogP contribution in [0.25, 0.3) is 5.69 Å². The molecule has 2 atom stereocenters. The quantitative estimate of drug-likeness (QED) is 0.847. The van der Waals surface area contributed by atoms with E-state index in [0.29, 0.717) is 17.0 Å². The number of hydrogen-bond acceptors (Lipinski definition) is 3. The zero-order valence-corrected chi connectivity index (χ0v) is 14.1. The summed E-state index contributed by atoms with van der Waals surface area (Å²) in [6.07, 6.45) is 3.40. The molecule has 0 N–H and O–H groups in total. The summed E-state index contributed by atoms with van der Waals surface area (Å²) >= 11 is 0. The van der Waals surface area contributed by atoms with Crippen LogP contribution in [-0.2, 0) is 10.8 Å². The van der Waals surface area contributed by atoms with Gasteiger partial charge in [-0.15, -0.1) is 0 Å². The van der Waals surface area contributed by atoms with Gasteiger partial charge in [-0.2, -0.15) is 5.10 Å². The van der Waals surface area contributed by atoms with Crippen LogP contribution < -0.4 is 0 Å². The molecular weight excluding hydrogens is 298 g/mol. The number of hydrogen-bond donors (Lipinski definition) is 0. The fraction of sp³-hybridized carbons (Fsp3) is 0.375. The van der Waals surface area contributed by atoms with Crippen molar-refractivity contribution in [2.45, 2.75) is 19.9 Å². The molecule has 2 aromatic rings. The monoisotopic (exact) mass is 319 g/mol. The van der Waals surface area contributed by atoms with E-state index in [2.05, 4.69) is 5.10 Å². The van der Waals surface area contributed by atoms with E-state index in [-0.39, 0.29) is 11.9 Å². The van der Waals surface area contributed by atoms with Crippen molar-refractivity contribution in [2.75, 3.05) is 19.1 Å². The molecule has 0 aliphatic carbocycles. The Bertz CT molecular complexity index is 682. The first-order chi connectivity index (χ1) is 10.4. The molecule has 0 spiro atoms. The summed E-state index contributed by atoms with van der Waals surface area (Å²) in [7, 11) is 0.802. The van der Waals surface area contributed by atoms with Gasteiger partial charge in [-0.3, -0.25) is 9.00 Å². The van der Waals surface area contributed by atoms with Crippen molar-refractivity contribution in [3.8, 4) is 5.69 Å². The van der Waals surface area contributed by atoms with Crippen LogP contribution in [0.5, 0.6) is 0 Å². The molecule has 0 aliphatic heterocycles. The average Bonchev–Trinajstić information content (AvgIpc) is 2.88. The Morgan fingerprint density at radius 2 is 2.00 bits per heavy atom. The van der Waals surface area contributed by atoms with Crippen LogP contribution in [0.4, 0.5) is 0 Å². The van der Waals surface area contributed by atoms with Crippen molar-refractivity contribution in [3.05, 3.63) is 47.8 Å². The van der Waals surface area contributed by atoms with Gasteiger partial charge in [-0.1, -0.05) is 18.2 Å². The van der Waals surface area contributed by atoms with Crippen LogP contribution in [0.15, 0.2) is 36.5 Å². The second kappa shape index (κ2) is 6.87. The Kier molecular flexibility index (Phi) is 5.13. The molecule has 118 valence electrons. The Morgan fingerprint density at radius 1 is 1.36 bits per heavy atom. The number of benzene rings is 1. The molecule has 2 rings (SSSR count). The Labute approximate surface area is 133 Å². The molecule has 1 aromatic carbocycles. The van der Waals surface area contributed by atoms with Crippen molar-refractivity contribution in [1.82, 2.24) is 14.7 Å². The zero-order valence-electron chi connectivity index (χ0n) is 13.3. The minimum Gasteiger partial charge on any atom is -0.338 e. The Balaban J connectivity index is 2.24. The number of carbonyl (C=O) groups is 1. The molecule has 1 amide bonds. The second-order valence-electron chi connectivity index (χ2n) is 5.41. The molecule has 0 unspecified atom stereocenters. The third-order valence-corrected chi connectivity index (χ3v) is 4.56. The van der Waals surface area contributed by atoms with Gasteiger partial charge in [-0.25, -0.2) is 4.68 Å². The molecular formula is C16H21N3O2S. The van der Waals surface area contributed by atoms with Crippen LogP contribution in [0.2, 0.25) is 0 Å². The van der Waals surface area contributed by atoms with Gasteiger partial charge in [0, 0.05) is 42.1 Å². The molecule has 0 saturated heterocycles. The van der Waals surface area contributed by atoms with Gasteiger partial charge in [0.05, 0.1) is 16.9 Å². The largest absolute Gasteiger partial charge is 0.338 e. The van der Waals surface area contributed by atoms with Crippen LogP contribution in [0.1, 0.15) is 23.0 Å². The summed E-state index contributed by atoms with van der Waals surface area (Å²) in [5.41, 5.74) is 2.17.